The molecule has 0 unspecified atom stereocenters. The van der Waals surface area contributed by atoms with Gasteiger partial charge in [0, 0.05) is 5.41 Å². The van der Waals surface area contributed by atoms with Crippen LogP contribution < -0.4 is 0 Å². The highest BCUT2D eigenvalue weighted by Crippen LogP contribution is 2.51. The van der Waals surface area contributed by atoms with Gasteiger partial charge < -0.3 is 30.6 Å². The van der Waals surface area contributed by atoms with Gasteiger partial charge in [-0.25, -0.2) is 0 Å². The van der Waals surface area contributed by atoms with Gasteiger partial charge in [-0.2, -0.15) is 0 Å². The van der Waals surface area contributed by atoms with E-state index in [-0.39, 0.29) is 12.2 Å². The van der Waals surface area contributed by atoms with Crippen LogP contribution in [0.2, 0.25) is 0 Å². The lowest BCUT2D eigenvalue weighted by Crippen LogP contribution is -2.12. The van der Waals surface area contributed by atoms with Gasteiger partial charge in [0.2, 0.25) is 17.2 Å². The lowest BCUT2D eigenvalue weighted by molar-refractivity contribution is 0.200. The molecule has 100 valence electrons. The van der Waals surface area contributed by atoms with Crippen LogP contribution in [-0.4, -0.2) is 37.2 Å². The number of hydrogen-bond acceptors (Lipinski definition) is 6. The molecular formula is C12H16O6. The van der Waals surface area contributed by atoms with Crippen LogP contribution >= 0.6 is 0 Å². The summed E-state index contributed by atoms with van der Waals surface area (Å²) in [4.78, 5) is 0. The quantitative estimate of drug-likeness (QED) is 0.357. The van der Waals surface area contributed by atoms with Crippen molar-refractivity contribution in [1.29, 1.82) is 0 Å². The Morgan fingerprint density at radius 1 is 0.833 bits per heavy atom. The number of aromatic hydroxyl groups is 5. The largest absolute Gasteiger partial charge is 0.504 e. The SMILES string of the molecule is CC(C)(C=Cc1c(O)c(O)c(O)c(O)c1O)CO. The zero-order valence-corrected chi connectivity index (χ0v) is 10.0. The number of aliphatic hydroxyl groups excluding tert-OH is 1. The van der Waals surface area contributed by atoms with Gasteiger partial charge in [0.1, 0.15) is 0 Å². The summed E-state index contributed by atoms with van der Waals surface area (Å²) in [6.07, 6.45) is 2.72. The van der Waals surface area contributed by atoms with E-state index >= 15 is 0 Å². The Kier molecular flexibility index (Phi) is 3.62. The smallest absolute Gasteiger partial charge is 0.208 e. The fourth-order valence-corrected chi connectivity index (χ4v) is 1.22. The maximum Gasteiger partial charge on any atom is 0.208 e. The molecule has 1 rings (SSSR count). The van der Waals surface area contributed by atoms with Crippen LogP contribution in [0.1, 0.15) is 19.4 Å². The minimum absolute atomic E-state index is 0.166. The van der Waals surface area contributed by atoms with E-state index in [4.69, 9.17) is 5.11 Å². The maximum absolute atomic E-state index is 9.56. The van der Waals surface area contributed by atoms with Crippen molar-refractivity contribution >= 4 is 6.08 Å². The van der Waals surface area contributed by atoms with Crippen molar-refractivity contribution in [2.45, 2.75) is 13.8 Å². The first-order valence-electron chi connectivity index (χ1n) is 5.20. The van der Waals surface area contributed by atoms with E-state index in [0.717, 1.165) is 0 Å². The summed E-state index contributed by atoms with van der Waals surface area (Å²) >= 11 is 0. The van der Waals surface area contributed by atoms with Gasteiger partial charge in [-0.3, -0.25) is 0 Å². The highest BCUT2D eigenvalue weighted by atomic mass is 16.4. The zero-order valence-electron chi connectivity index (χ0n) is 10.0. The summed E-state index contributed by atoms with van der Waals surface area (Å²) in [7, 11) is 0. The molecule has 0 saturated heterocycles. The Hall–Kier alpha value is -2.08. The van der Waals surface area contributed by atoms with Crippen molar-refractivity contribution in [3.8, 4) is 28.7 Å². The molecule has 6 nitrogen and oxygen atoms in total. The predicted molar refractivity (Wildman–Crippen MR) is 64.7 cm³/mol. The zero-order chi connectivity index (χ0) is 14.1. The maximum atomic E-state index is 9.56. The van der Waals surface area contributed by atoms with Crippen LogP contribution in [-0.2, 0) is 0 Å². The number of hydrogen-bond donors (Lipinski definition) is 6. The molecule has 0 amide bonds. The summed E-state index contributed by atoms with van der Waals surface area (Å²) < 4.78 is 0. The summed E-state index contributed by atoms with van der Waals surface area (Å²) in [5, 5.41) is 56.0. The van der Waals surface area contributed by atoms with Crippen molar-refractivity contribution in [1.82, 2.24) is 0 Å². The summed E-state index contributed by atoms with van der Waals surface area (Å²) in [6, 6.07) is 0. The fourth-order valence-electron chi connectivity index (χ4n) is 1.22. The number of rotatable bonds is 3. The molecule has 0 heterocycles. The van der Waals surface area contributed by atoms with Crippen molar-refractivity contribution < 1.29 is 30.6 Å². The van der Waals surface area contributed by atoms with Gasteiger partial charge in [-0.15, -0.1) is 0 Å². The fraction of sp³-hybridized carbons (Fsp3) is 0.333. The van der Waals surface area contributed by atoms with E-state index in [1.165, 1.54) is 12.2 Å². The minimum atomic E-state index is -0.997. The molecule has 0 aliphatic heterocycles. The Labute approximate surface area is 104 Å². The van der Waals surface area contributed by atoms with Gasteiger partial charge >= 0.3 is 0 Å². The molecular weight excluding hydrogens is 240 g/mol. The molecule has 6 N–H and O–H groups in total. The Balaban J connectivity index is 3.35. The van der Waals surface area contributed by atoms with E-state index < -0.39 is 34.2 Å². The average molecular weight is 256 g/mol. The first-order valence-corrected chi connectivity index (χ1v) is 5.20. The van der Waals surface area contributed by atoms with E-state index in [1.807, 2.05) is 0 Å². The van der Waals surface area contributed by atoms with Gasteiger partial charge in [-0.05, 0) is 0 Å². The molecule has 18 heavy (non-hydrogen) atoms. The molecule has 1 aromatic carbocycles. The molecule has 0 radical (unpaired) electrons. The number of benzene rings is 1. The van der Waals surface area contributed by atoms with Crippen molar-refractivity contribution in [2.75, 3.05) is 6.61 Å². The van der Waals surface area contributed by atoms with Crippen molar-refractivity contribution in [3.05, 3.63) is 11.6 Å². The number of phenols is 5. The summed E-state index contributed by atoms with van der Waals surface area (Å²) in [5.41, 5.74) is -0.855. The number of aliphatic hydroxyl groups is 1. The molecule has 0 bridgehead atoms. The van der Waals surface area contributed by atoms with E-state index in [2.05, 4.69) is 0 Å². The second-order valence-electron chi connectivity index (χ2n) is 4.64. The molecule has 0 aromatic heterocycles. The summed E-state index contributed by atoms with van der Waals surface area (Å²) in [5.74, 6) is -4.36. The first kappa shape index (κ1) is 14.0. The van der Waals surface area contributed by atoms with E-state index in [9.17, 15) is 25.5 Å². The van der Waals surface area contributed by atoms with Gasteiger partial charge in [-0.1, -0.05) is 26.0 Å². The third kappa shape index (κ3) is 2.43. The monoisotopic (exact) mass is 256 g/mol. The highest BCUT2D eigenvalue weighted by Gasteiger charge is 2.22. The van der Waals surface area contributed by atoms with E-state index in [1.54, 1.807) is 13.8 Å². The molecule has 0 aliphatic rings. The van der Waals surface area contributed by atoms with E-state index in [0.29, 0.717) is 0 Å². The normalized spacial score (nSPS) is 12.2. The molecule has 0 fully saturated rings. The second-order valence-corrected chi connectivity index (χ2v) is 4.64. The lowest BCUT2D eigenvalue weighted by Gasteiger charge is -2.16. The van der Waals surface area contributed by atoms with Crippen LogP contribution in [0.5, 0.6) is 28.7 Å². The van der Waals surface area contributed by atoms with Gasteiger partial charge in [0.15, 0.2) is 11.5 Å². The topological polar surface area (TPSA) is 121 Å². The predicted octanol–water partition coefficient (Wildman–Crippen LogP) is 1.25. The van der Waals surface area contributed by atoms with Crippen LogP contribution in [0.15, 0.2) is 6.08 Å². The van der Waals surface area contributed by atoms with Crippen molar-refractivity contribution in [2.24, 2.45) is 5.41 Å². The van der Waals surface area contributed by atoms with Crippen molar-refractivity contribution in [3.63, 3.8) is 0 Å². The molecule has 0 saturated carbocycles. The van der Waals surface area contributed by atoms with Crippen LogP contribution in [0.3, 0.4) is 0 Å². The first-order chi connectivity index (χ1) is 8.21. The van der Waals surface area contributed by atoms with Crippen LogP contribution in [0, 0.1) is 5.41 Å². The molecule has 0 aliphatic carbocycles. The van der Waals surface area contributed by atoms with Crippen LogP contribution in [0.4, 0.5) is 0 Å². The van der Waals surface area contributed by atoms with Gasteiger partial charge in [0.05, 0.1) is 12.2 Å². The van der Waals surface area contributed by atoms with Crippen LogP contribution in [0.25, 0.3) is 6.08 Å². The highest BCUT2D eigenvalue weighted by molar-refractivity contribution is 5.76. The van der Waals surface area contributed by atoms with Gasteiger partial charge in [0.25, 0.3) is 0 Å². The molecule has 0 atom stereocenters. The Morgan fingerprint density at radius 3 is 1.61 bits per heavy atom. The third-order valence-corrected chi connectivity index (χ3v) is 2.52. The third-order valence-electron chi connectivity index (χ3n) is 2.52. The average Bonchev–Trinajstić information content (AvgIpc) is 2.34. The molecule has 1 aromatic rings. The summed E-state index contributed by atoms with van der Waals surface area (Å²) in [6.45, 7) is 3.25. The minimum Gasteiger partial charge on any atom is -0.504 e. The molecule has 6 heteroatoms. The Bertz CT molecular complexity index is 461. The Morgan fingerprint density at radius 2 is 1.22 bits per heavy atom. The number of phenolic OH excluding ortho intramolecular Hbond substituents is 5. The second kappa shape index (κ2) is 4.66. The standard InChI is InChI=1S/C12H16O6/c1-12(2,5-13)4-3-6-7(14)9(16)11(18)10(17)8(6)15/h3-4,13-18H,5H2,1-2H3. The lowest BCUT2D eigenvalue weighted by atomic mass is 9.93. The molecule has 0 spiro atoms.